The van der Waals surface area contributed by atoms with Crippen LogP contribution in [0.2, 0.25) is 0 Å². The molecule has 0 aliphatic carbocycles. The minimum absolute atomic E-state index is 0.204. The zero-order valence-electron chi connectivity index (χ0n) is 36.2. The van der Waals surface area contributed by atoms with Crippen LogP contribution in [0.25, 0.3) is 107 Å². The highest BCUT2D eigenvalue weighted by molar-refractivity contribution is 7.25. The molecule has 14 rings (SSSR count). The normalized spacial score (nSPS) is 14.6. The Labute approximate surface area is 385 Å². The van der Waals surface area contributed by atoms with Gasteiger partial charge in [-0.1, -0.05) is 176 Å². The Morgan fingerprint density at radius 1 is 0.455 bits per heavy atom. The topological polar surface area (TPSA) is 17.3 Å². The van der Waals surface area contributed by atoms with E-state index < -0.39 is 0 Å². The fourth-order valence-corrected chi connectivity index (χ4v) is 12.1. The summed E-state index contributed by atoms with van der Waals surface area (Å²) in [6.07, 6.45) is 4.71. The highest BCUT2D eigenvalue weighted by atomic mass is 32.1. The third-order valence-corrected chi connectivity index (χ3v) is 15.3. The first kappa shape index (κ1) is 37.3. The largest absolute Gasteiger partial charge is 0.309 e. The van der Waals surface area contributed by atoms with Crippen LogP contribution >= 0.6 is 11.3 Å². The Kier molecular flexibility index (Phi) is 8.16. The van der Waals surface area contributed by atoms with Crippen LogP contribution in [0.3, 0.4) is 0 Å². The molecule has 3 heterocycles. The molecule has 2 nitrogen and oxygen atoms in total. The van der Waals surface area contributed by atoms with Crippen molar-refractivity contribution in [3.63, 3.8) is 0 Å². The van der Waals surface area contributed by atoms with Crippen molar-refractivity contribution in [3.05, 3.63) is 241 Å². The van der Waals surface area contributed by atoms with Gasteiger partial charge in [-0.15, -0.1) is 11.3 Å². The van der Waals surface area contributed by atoms with Crippen molar-refractivity contribution in [1.29, 1.82) is 0 Å². The van der Waals surface area contributed by atoms with Crippen LogP contribution in [0.4, 0.5) is 0 Å². The number of aromatic nitrogens is 1. The summed E-state index contributed by atoms with van der Waals surface area (Å²) in [5, 5.41) is 17.5. The Hall–Kier alpha value is -8.11. The highest BCUT2D eigenvalue weighted by Gasteiger charge is 2.24. The van der Waals surface area contributed by atoms with E-state index in [0.717, 1.165) is 22.5 Å². The van der Waals surface area contributed by atoms with Crippen molar-refractivity contribution in [2.24, 2.45) is 4.99 Å². The fraction of sp³-hybridized carbons (Fsp3) is 0.0317. The van der Waals surface area contributed by atoms with Crippen LogP contribution in [-0.4, -0.2) is 10.3 Å². The van der Waals surface area contributed by atoms with Crippen molar-refractivity contribution in [3.8, 4) is 5.69 Å². The first-order valence-corrected chi connectivity index (χ1v) is 23.6. The zero-order valence-corrected chi connectivity index (χ0v) is 37.0. The Bertz CT molecular complexity index is 4310. The van der Waals surface area contributed by atoms with Gasteiger partial charge in [-0.2, -0.15) is 0 Å². The van der Waals surface area contributed by atoms with Crippen LogP contribution in [0.1, 0.15) is 29.7 Å². The van der Waals surface area contributed by atoms with Gasteiger partial charge in [0, 0.05) is 47.6 Å². The van der Waals surface area contributed by atoms with Crippen molar-refractivity contribution < 1.29 is 0 Å². The molecule has 11 aromatic carbocycles. The van der Waals surface area contributed by atoms with E-state index in [-0.39, 0.29) is 6.04 Å². The van der Waals surface area contributed by atoms with Gasteiger partial charge in [0.2, 0.25) is 0 Å². The molecule has 0 bridgehead atoms. The maximum atomic E-state index is 5.77. The summed E-state index contributed by atoms with van der Waals surface area (Å²) < 4.78 is 5.09. The molecule has 0 radical (unpaired) electrons. The summed E-state index contributed by atoms with van der Waals surface area (Å²) in [6, 6.07) is 76.2. The van der Waals surface area contributed by atoms with E-state index in [1.54, 1.807) is 0 Å². The van der Waals surface area contributed by atoms with Crippen LogP contribution in [0, 0.1) is 0 Å². The SMILES string of the molecule is CC1=C(c2cc(-n3c4cc5ccccc5cc4c4ccc5ccccc5c43)cc3sc4ccccc4c23)C=C[C@@H](c2ccc3c(ccc4ccccc43)c2)N=C1c1ccc2ccccc2c1. The van der Waals surface area contributed by atoms with Gasteiger partial charge in [0.1, 0.15) is 0 Å². The minimum atomic E-state index is -0.204. The smallest absolute Gasteiger partial charge is 0.0941 e. The van der Waals surface area contributed by atoms with Crippen LogP contribution in [0.5, 0.6) is 0 Å². The maximum absolute atomic E-state index is 5.77. The van der Waals surface area contributed by atoms with Gasteiger partial charge >= 0.3 is 0 Å². The number of hydrogen-bond donors (Lipinski definition) is 0. The van der Waals surface area contributed by atoms with Crippen LogP contribution in [0.15, 0.2) is 229 Å². The molecule has 0 saturated heterocycles. The summed E-state index contributed by atoms with van der Waals surface area (Å²) in [7, 11) is 0. The molecule has 3 heteroatoms. The average molecular weight is 857 g/mol. The lowest BCUT2D eigenvalue weighted by atomic mass is 9.91. The van der Waals surface area contributed by atoms with Crippen LogP contribution < -0.4 is 0 Å². The number of hydrogen-bond acceptors (Lipinski definition) is 2. The lowest BCUT2D eigenvalue weighted by molar-refractivity contribution is 0.917. The average Bonchev–Trinajstić information content (AvgIpc) is 3.85. The van der Waals surface area contributed by atoms with Gasteiger partial charge in [-0.3, -0.25) is 4.99 Å². The van der Waals surface area contributed by atoms with E-state index in [0.29, 0.717) is 0 Å². The highest BCUT2D eigenvalue weighted by Crippen LogP contribution is 2.45. The van der Waals surface area contributed by atoms with E-state index in [2.05, 4.69) is 230 Å². The van der Waals surface area contributed by atoms with Crippen molar-refractivity contribution >= 4 is 118 Å². The third-order valence-electron chi connectivity index (χ3n) is 14.1. The predicted molar refractivity (Wildman–Crippen MR) is 285 cm³/mol. The van der Waals surface area contributed by atoms with Gasteiger partial charge in [-0.05, 0) is 120 Å². The molecular weight excluding hydrogens is 817 g/mol. The number of aliphatic imine (C=N–C) groups is 1. The predicted octanol–water partition coefficient (Wildman–Crippen LogP) is 17.5. The molecule has 1 aliphatic rings. The number of rotatable bonds is 4. The standard InChI is InChI=1S/C63H40N2S/c1-38-49(30-31-57(64-62(38)47-25-22-39-12-2-3-15-42(39)32-47)46-27-28-51-45(33-46)24-23-40-13-6-8-18-50(40)51)56-36-48(37-60-61(56)54-20-10-11-21-59(54)66-60)65-58-35-44-17-5-4-16-43(44)34-55(58)53-29-26-41-14-7-9-19-52(41)63(53)65/h2-37,57H,1H3/t57-/m0/s1. The van der Waals surface area contributed by atoms with Crippen LogP contribution in [-0.2, 0) is 0 Å². The fourth-order valence-electron chi connectivity index (χ4n) is 11.0. The lowest BCUT2D eigenvalue weighted by Crippen LogP contribution is -2.07. The molecule has 0 amide bonds. The Morgan fingerprint density at radius 3 is 1.91 bits per heavy atom. The molecule has 0 unspecified atom stereocenters. The summed E-state index contributed by atoms with van der Waals surface area (Å²) >= 11 is 1.88. The van der Waals surface area contributed by atoms with E-state index in [4.69, 9.17) is 4.99 Å². The molecule has 2 aromatic heterocycles. The lowest BCUT2D eigenvalue weighted by Gasteiger charge is -2.17. The molecule has 308 valence electrons. The number of thiophene rings is 1. The molecular formula is C63H40N2S. The van der Waals surface area contributed by atoms with Crippen molar-refractivity contribution in [2.45, 2.75) is 13.0 Å². The third kappa shape index (κ3) is 5.70. The summed E-state index contributed by atoms with van der Waals surface area (Å²) in [4.78, 5) is 5.77. The Balaban J connectivity index is 1.05. The number of benzene rings is 11. The van der Waals surface area contributed by atoms with E-state index in [9.17, 15) is 0 Å². The van der Waals surface area contributed by atoms with E-state index in [1.807, 2.05) is 11.3 Å². The Morgan fingerprint density at radius 2 is 1.08 bits per heavy atom. The maximum Gasteiger partial charge on any atom is 0.0941 e. The second-order valence-corrected chi connectivity index (χ2v) is 18.9. The van der Waals surface area contributed by atoms with Gasteiger partial charge in [-0.25, -0.2) is 0 Å². The van der Waals surface area contributed by atoms with Gasteiger partial charge < -0.3 is 4.57 Å². The molecule has 1 aliphatic heterocycles. The van der Waals surface area contributed by atoms with Gasteiger partial charge in [0.05, 0.1) is 22.8 Å². The van der Waals surface area contributed by atoms with E-state index in [1.165, 1.54) is 113 Å². The summed E-state index contributed by atoms with van der Waals surface area (Å²) in [6.45, 7) is 2.29. The second kappa shape index (κ2) is 14.5. The van der Waals surface area contributed by atoms with Crippen molar-refractivity contribution in [2.75, 3.05) is 0 Å². The molecule has 0 spiro atoms. The summed E-state index contributed by atoms with van der Waals surface area (Å²) in [5.74, 6) is 0. The second-order valence-electron chi connectivity index (χ2n) is 17.8. The number of nitrogens with zero attached hydrogens (tertiary/aromatic N) is 2. The minimum Gasteiger partial charge on any atom is -0.309 e. The number of fused-ring (bicyclic) bond motifs is 13. The molecule has 0 saturated carbocycles. The van der Waals surface area contributed by atoms with Crippen molar-refractivity contribution in [1.82, 2.24) is 4.57 Å². The van der Waals surface area contributed by atoms with E-state index >= 15 is 0 Å². The number of allylic oxidation sites excluding steroid dienone is 3. The molecule has 0 fully saturated rings. The van der Waals surface area contributed by atoms with Gasteiger partial charge in [0.15, 0.2) is 0 Å². The summed E-state index contributed by atoms with van der Waals surface area (Å²) in [5.41, 5.74) is 10.4. The molecule has 0 N–H and O–H groups in total. The molecule has 1 atom stereocenters. The molecule has 13 aromatic rings. The quantitative estimate of drug-likeness (QED) is 0.157. The first-order chi connectivity index (χ1) is 32.6. The molecule has 66 heavy (non-hydrogen) atoms. The first-order valence-electron chi connectivity index (χ1n) is 22.8. The monoisotopic (exact) mass is 856 g/mol. The van der Waals surface area contributed by atoms with Gasteiger partial charge in [0.25, 0.3) is 0 Å². The zero-order chi connectivity index (χ0) is 43.5.